The van der Waals surface area contributed by atoms with Gasteiger partial charge in [-0.1, -0.05) is 108 Å². The Morgan fingerprint density at radius 2 is 1.72 bits per heavy atom. The molecule has 0 fully saturated rings. The Kier molecular flexibility index (Phi) is 10.4. The fourth-order valence-corrected chi connectivity index (χ4v) is 7.02. The molecule has 1 atom stereocenters. The predicted octanol–water partition coefficient (Wildman–Crippen LogP) is 10.7. The lowest BCUT2D eigenvalue weighted by molar-refractivity contribution is 0.267. The van der Waals surface area contributed by atoms with Crippen molar-refractivity contribution in [3.8, 4) is 5.75 Å². The van der Waals surface area contributed by atoms with E-state index in [2.05, 4.69) is 81.7 Å². The fourth-order valence-electron chi connectivity index (χ4n) is 7.02. The number of para-hydroxylation sites is 1. The van der Waals surface area contributed by atoms with Gasteiger partial charge in [0.25, 0.3) is 0 Å². The summed E-state index contributed by atoms with van der Waals surface area (Å²) in [7, 11) is 0. The number of nitrogens with zero attached hydrogens (tertiary/aromatic N) is 1. The number of benzene rings is 3. The molecule has 0 amide bonds. The highest BCUT2D eigenvalue weighted by Crippen LogP contribution is 2.48. The van der Waals surface area contributed by atoms with Gasteiger partial charge in [-0.05, 0) is 102 Å². The minimum Gasteiger partial charge on any atom is -0.457 e. The molecule has 5 rings (SSSR count). The molecule has 0 spiro atoms. The number of aryl methyl sites for hydroxylation is 1. The maximum Gasteiger partial charge on any atom is 0.133 e. The van der Waals surface area contributed by atoms with Gasteiger partial charge in [-0.25, -0.2) is 4.39 Å². The van der Waals surface area contributed by atoms with E-state index in [9.17, 15) is 0 Å². The van der Waals surface area contributed by atoms with Crippen molar-refractivity contribution in [1.82, 2.24) is 0 Å². The first-order valence-electron chi connectivity index (χ1n) is 17.1. The molecule has 47 heavy (non-hydrogen) atoms. The number of ether oxygens (including phenoxy) is 1. The Balaban J connectivity index is 1.55. The van der Waals surface area contributed by atoms with Crippen molar-refractivity contribution in [3.63, 3.8) is 0 Å². The van der Waals surface area contributed by atoms with Crippen LogP contribution in [-0.2, 0) is 10.8 Å². The maximum absolute atomic E-state index is 16.1. The van der Waals surface area contributed by atoms with Gasteiger partial charge < -0.3 is 15.4 Å². The standard InChI is InChI=1S/C43H51FN2O/c1-8-28-46-38-19-12-11-18-37(38)43(6,7)40(46)27-23-34-16-13-15-33(41(34)47-35-24-20-32(21-25-35)31(3)29-45)22-26-39(44)42(4,5)36-17-10-9-14-30(36)2/h9-12,14,17-27,39H,3,8,13,15-16,28-29,45H2,1-2,4-7H3/b26-22+,34-23+,40-27+. The zero-order valence-electron chi connectivity index (χ0n) is 29.1. The topological polar surface area (TPSA) is 38.5 Å². The number of fused-ring (bicyclic) bond motifs is 1. The van der Waals surface area contributed by atoms with Gasteiger partial charge >= 0.3 is 0 Å². The van der Waals surface area contributed by atoms with Gasteiger partial charge in [0.2, 0.25) is 0 Å². The lowest BCUT2D eigenvalue weighted by atomic mass is 9.77. The van der Waals surface area contributed by atoms with Gasteiger partial charge in [0, 0.05) is 35.3 Å². The summed E-state index contributed by atoms with van der Waals surface area (Å²) in [5, 5.41) is 0. The van der Waals surface area contributed by atoms with E-state index in [0.29, 0.717) is 6.54 Å². The number of rotatable bonds is 11. The number of hydrogen-bond acceptors (Lipinski definition) is 3. The van der Waals surface area contributed by atoms with Gasteiger partial charge in [-0.2, -0.15) is 0 Å². The van der Waals surface area contributed by atoms with E-state index in [1.54, 1.807) is 6.08 Å². The third-order valence-corrected chi connectivity index (χ3v) is 9.89. The molecule has 1 aliphatic heterocycles. The molecule has 2 aliphatic rings. The third kappa shape index (κ3) is 7.09. The first-order valence-corrected chi connectivity index (χ1v) is 17.1. The Morgan fingerprint density at radius 1 is 1.02 bits per heavy atom. The zero-order valence-corrected chi connectivity index (χ0v) is 29.1. The molecule has 2 N–H and O–H groups in total. The minimum absolute atomic E-state index is 0.130. The molecule has 1 heterocycles. The van der Waals surface area contributed by atoms with Crippen molar-refractivity contribution in [2.45, 2.75) is 84.2 Å². The van der Waals surface area contributed by atoms with Crippen LogP contribution in [0.1, 0.15) is 82.6 Å². The quantitative estimate of drug-likeness (QED) is 0.229. The van der Waals surface area contributed by atoms with Crippen LogP contribution in [0.15, 0.2) is 126 Å². The summed E-state index contributed by atoms with van der Waals surface area (Å²) in [4.78, 5) is 2.46. The van der Waals surface area contributed by atoms with E-state index in [1.807, 2.05) is 62.4 Å². The molecule has 3 aromatic carbocycles. The molecule has 4 heteroatoms. The number of halogens is 1. The van der Waals surface area contributed by atoms with Crippen molar-refractivity contribution >= 4 is 11.3 Å². The first kappa shape index (κ1) is 34.2. The van der Waals surface area contributed by atoms with E-state index >= 15 is 4.39 Å². The van der Waals surface area contributed by atoms with Crippen LogP contribution in [0.2, 0.25) is 0 Å². The van der Waals surface area contributed by atoms with Gasteiger partial charge in [0.05, 0.1) is 0 Å². The molecule has 3 aromatic rings. The Bertz CT molecular complexity index is 1720. The van der Waals surface area contributed by atoms with Crippen molar-refractivity contribution < 1.29 is 9.13 Å². The lowest BCUT2D eigenvalue weighted by Crippen LogP contribution is -2.29. The minimum atomic E-state index is -1.17. The zero-order chi connectivity index (χ0) is 33.8. The van der Waals surface area contributed by atoms with Crippen LogP contribution in [0.5, 0.6) is 5.75 Å². The molecular formula is C43H51FN2O. The molecule has 1 aliphatic carbocycles. The lowest BCUT2D eigenvalue weighted by Gasteiger charge is -2.29. The monoisotopic (exact) mass is 630 g/mol. The molecule has 246 valence electrons. The molecule has 0 aromatic heterocycles. The summed E-state index contributed by atoms with van der Waals surface area (Å²) >= 11 is 0. The van der Waals surface area contributed by atoms with Crippen molar-refractivity contribution in [1.29, 1.82) is 0 Å². The average molecular weight is 631 g/mol. The van der Waals surface area contributed by atoms with Crippen LogP contribution in [-0.4, -0.2) is 19.3 Å². The van der Waals surface area contributed by atoms with Gasteiger partial charge in [0.15, 0.2) is 0 Å². The number of alkyl halides is 1. The highest BCUT2D eigenvalue weighted by atomic mass is 19.1. The summed E-state index contributed by atoms with van der Waals surface area (Å²) in [6.07, 6.45) is 10.8. The average Bonchev–Trinajstić information content (AvgIpc) is 3.28. The molecule has 3 nitrogen and oxygen atoms in total. The highest BCUT2D eigenvalue weighted by molar-refractivity contribution is 5.71. The molecule has 0 saturated carbocycles. The maximum atomic E-state index is 16.1. The van der Waals surface area contributed by atoms with Crippen LogP contribution in [0.25, 0.3) is 5.57 Å². The van der Waals surface area contributed by atoms with Crippen molar-refractivity contribution in [2.24, 2.45) is 5.73 Å². The fraction of sp³-hybridized carbons (Fsp3) is 0.349. The molecular weight excluding hydrogens is 579 g/mol. The highest BCUT2D eigenvalue weighted by Gasteiger charge is 2.39. The Labute approximate surface area is 282 Å². The molecule has 0 saturated heterocycles. The van der Waals surface area contributed by atoms with Gasteiger partial charge in [-0.15, -0.1) is 0 Å². The summed E-state index contributed by atoms with van der Waals surface area (Å²) in [6.45, 7) is 18.3. The van der Waals surface area contributed by atoms with Crippen LogP contribution in [0.3, 0.4) is 0 Å². The second-order valence-corrected chi connectivity index (χ2v) is 14.0. The summed E-state index contributed by atoms with van der Waals surface area (Å²) in [6, 6.07) is 24.7. The number of nitrogens with two attached hydrogens (primary N) is 1. The normalized spacial score (nSPS) is 18.7. The van der Waals surface area contributed by atoms with E-state index in [0.717, 1.165) is 77.1 Å². The van der Waals surface area contributed by atoms with Gasteiger partial charge in [0.1, 0.15) is 17.7 Å². The molecule has 0 bridgehead atoms. The number of hydrogen-bond donors (Lipinski definition) is 1. The first-order chi connectivity index (χ1) is 22.5. The SMILES string of the molecule is C=C(CN)c1ccc(OC2=C(/C=C/C(F)C(C)(C)c3ccccc3C)CCC/C2=C\C=C2\N(CCC)c3ccccc3C2(C)C)cc1. The molecule has 0 radical (unpaired) electrons. The van der Waals surface area contributed by atoms with E-state index in [-0.39, 0.29) is 5.41 Å². The number of allylic oxidation sites excluding steroid dienone is 7. The predicted molar refractivity (Wildman–Crippen MR) is 198 cm³/mol. The third-order valence-electron chi connectivity index (χ3n) is 9.89. The summed E-state index contributed by atoms with van der Waals surface area (Å²) in [5.74, 6) is 1.55. The van der Waals surface area contributed by atoms with E-state index < -0.39 is 11.6 Å². The van der Waals surface area contributed by atoms with Gasteiger partial charge in [-0.3, -0.25) is 0 Å². The smallest absolute Gasteiger partial charge is 0.133 e. The van der Waals surface area contributed by atoms with Crippen LogP contribution in [0, 0.1) is 6.92 Å². The van der Waals surface area contributed by atoms with E-state index in [4.69, 9.17) is 10.5 Å². The Hall–Kier alpha value is -4.15. The second-order valence-electron chi connectivity index (χ2n) is 14.0. The summed E-state index contributed by atoms with van der Waals surface area (Å²) < 4.78 is 22.8. The van der Waals surface area contributed by atoms with Crippen molar-refractivity contribution in [3.05, 3.63) is 149 Å². The van der Waals surface area contributed by atoms with Crippen LogP contribution in [0.4, 0.5) is 10.1 Å². The Morgan fingerprint density at radius 3 is 2.43 bits per heavy atom. The second kappa shape index (κ2) is 14.3. The van der Waals surface area contributed by atoms with Crippen LogP contribution < -0.4 is 15.4 Å². The van der Waals surface area contributed by atoms with E-state index in [1.165, 1.54) is 16.9 Å². The summed E-state index contributed by atoms with van der Waals surface area (Å²) in [5.41, 5.74) is 15.1. The van der Waals surface area contributed by atoms with Crippen LogP contribution >= 0.6 is 0 Å². The van der Waals surface area contributed by atoms with Crippen molar-refractivity contribution in [2.75, 3.05) is 18.0 Å². The number of anilines is 1. The largest absolute Gasteiger partial charge is 0.457 e. The molecule has 1 unspecified atom stereocenters.